The largest absolute Gasteiger partial charge is 0.341 e. The Morgan fingerprint density at radius 3 is 2.81 bits per heavy atom. The molecule has 1 aliphatic heterocycles. The van der Waals surface area contributed by atoms with Crippen LogP contribution in [0.1, 0.15) is 48.5 Å². The van der Waals surface area contributed by atoms with Crippen LogP contribution in [-0.4, -0.2) is 35.8 Å². The molecule has 1 saturated heterocycles. The third-order valence-electron chi connectivity index (χ3n) is 3.97. The van der Waals surface area contributed by atoms with Crippen LogP contribution in [0.2, 0.25) is 0 Å². The third-order valence-corrected chi connectivity index (χ3v) is 3.97. The number of nitrogens with zero attached hydrogens (tertiary/aromatic N) is 1. The summed E-state index contributed by atoms with van der Waals surface area (Å²) in [6, 6.07) is 7.08. The van der Waals surface area contributed by atoms with Crippen molar-refractivity contribution in [2.45, 2.75) is 45.6 Å². The summed E-state index contributed by atoms with van der Waals surface area (Å²) in [4.78, 5) is 26.8. The standard InChI is InChI=1S/C17H24N2O2/c1-3-11-19-12-7-6-10-15(17(19)21)18-16(20)14-9-5-4-8-13(14)2/h4-5,8-9,15H,3,6-7,10-12H2,1-2H3,(H,18,20). The molecule has 4 heteroatoms. The van der Waals surface area contributed by atoms with Gasteiger partial charge in [-0.3, -0.25) is 9.59 Å². The molecular weight excluding hydrogens is 264 g/mol. The Balaban J connectivity index is 2.08. The molecule has 1 aromatic rings. The van der Waals surface area contributed by atoms with Crippen LogP contribution in [0.4, 0.5) is 0 Å². The van der Waals surface area contributed by atoms with Crippen molar-refractivity contribution < 1.29 is 9.59 Å². The molecule has 0 saturated carbocycles. The first-order valence-electron chi connectivity index (χ1n) is 7.78. The van der Waals surface area contributed by atoms with Gasteiger partial charge in [0.05, 0.1) is 0 Å². The highest BCUT2D eigenvalue weighted by Gasteiger charge is 2.28. The summed E-state index contributed by atoms with van der Waals surface area (Å²) in [5.41, 5.74) is 1.58. The van der Waals surface area contributed by atoms with E-state index in [4.69, 9.17) is 0 Å². The first-order chi connectivity index (χ1) is 10.1. The second-order valence-electron chi connectivity index (χ2n) is 5.66. The van der Waals surface area contributed by atoms with Crippen molar-refractivity contribution in [3.63, 3.8) is 0 Å². The van der Waals surface area contributed by atoms with E-state index in [1.807, 2.05) is 30.0 Å². The molecule has 21 heavy (non-hydrogen) atoms. The maximum absolute atomic E-state index is 12.5. The summed E-state index contributed by atoms with van der Waals surface area (Å²) >= 11 is 0. The third kappa shape index (κ3) is 3.84. The van der Waals surface area contributed by atoms with Gasteiger partial charge in [0, 0.05) is 18.7 Å². The van der Waals surface area contributed by atoms with Gasteiger partial charge in [-0.2, -0.15) is 0 Å². The van der Waals surface area contributed by atoms with Crippen molar-refractivity contribution in [1.29, 1.82) is 0 Å². The van der Waals surface area contributed by atoms with Crippen molar-refractivity contribution in [2.75, 3.05) is 13.1 Å². The molecule has 0 radical (unpaired) electrons. The predicted octanol–water partition coefficient (Wildman–Crippen LogP) is 2.52. The number of benzene rings is 1. The predicted molar refractivity (Wildman–Crippen MR) is 83.2 cm³/mol. The highest BCUT2D eigenvalue weighted by molar-refractivity contribution is 5.98. The van der Waals surface area contributed by atoms with Crippen LogP contribution in [0.5, 0.6) is 0 Å². The lowest BCUT2D eigenvalue weighted by atomic mass is 10.1. The summed E-state index contributed by atoms with van der Waals surface area (Å²) in [6.07, 6.45) is 3.67. The minimum atomic E-state index is -0.383. The molecule has 0 aliphatic carbocycles. The molecule has 0 spiro atoms. The Hall–Kier alpha value is -1.84. The van der Waals surface area contributed by atoms with E-state index in [0.717, 1.165) is 44.3 Å². The van der Waals surface area contributed by atoms with Crippen molar-refractivity contribution in [3.05, 3.63) is 35.4 Å². The van der Waals surface area contributed by atoms with Gasteiger partial charge in [-0.15, -0.1) is 0 Å². The molecule has 1 aliphatic rings. The molecule has 1 N–H and O–H groups in total. The lowest BCUT2D eigenvalue weighted by molar-refractivity contribution is -0.132. The first kappa shape index (κ1) is 15.5. The van der Waals surface area contributed by atoms with Crippen LogP contribution in [0.15, 0.2) is 24.3 Å². The number of hydrogen-bond donors (Lipinski definition) is 1. The van der Waals surface area contributed by atoms with Gasteiger partial charge in [0.1, 0.15) is 6.04 Å². The van der Waals surface area contributed by atoms with E-state index in [0.29, 0.717) is 5.56 Å². The monoisotopic (exact) mass is 288 g/mol. The number of nitrogens with one attached hydrogen (secondary N) is 1. The van der Waals surface area contributed by atoms with E-state index < -0.39 is 0 Å². The molecule has 1 atom stereocenters. The number of carbonyl (C=O) groups is 2. The summed E-state index contributed by atoms with van der Waals surface area (Å²) in [7, 11) is 0. The molecule has 114 valence electrons. The lowest BCUT2D eigenvalue weighted by Crippen LogP contribution is -2.47. The lowest BCUT2D eigenvalue weighted by Gasteiger charge is -2.24. The second kappa shape index (κ2) is 7.25. The SMILES string of the molecule is CCCN1CCCCC(NC(=O)c2ccccc2C)C1=O. The number of hydrogen-bond acceptors (Lipinski definition) is 2. The van der Waals surface area contributed by atoms with Gasteiger partial charge in [-0.05, 0) is 44.2 Å². The number of aryl methyl sites for hydroxylation is 1. The number of carbonyl (C=O) groups excluding carboxylic acids is 2. The average molecular weight is 288 g/mol. The van der Waals surface area contributed by atoms with Gasteiger partial charge >= 0.3 is 0 Å². The van der Waals surface area contributed by atoms with E-state index in [9.17, 15) is 9.59 Å². The Kier molecular flexibility index (Phi) is 5.37. The van der Waals surface area contributed by atoms with Crippen LogP contribution >= 0.6 is 0 Å². The molecule has 2 rings (SSSR count). The van der Waals surface area contributed by atoms with E-state index in [1.54, 1.807) is 6.07 Å². The Bertz CT molecular complexity index is 513. The fourth-order valence-corrected chi connectivity index (χ4v) is 2.79. The molecular formula is C17H24N2O2. The molecule has 4 nitrogen and oxygen atoms in total. The second-order valence-corrected chi connectivity index (χ2v) is 5.66. The molecule has 0 bridgehead atoms. The van der Waals surface area contributed by atoms with Crippen LogP contribution in [0, 0.1) is 6.92 Å². The quantitative estimate of drug-likeness (QED) is 0.925. The normalized spacial score (nSPS) is 19.2. The van der Waals surface area contributed by atoms with Crippen molar-refractivity contribution in [3.8, 4) is 0 Å². The highest BCUT2D eigenvalue weighted by atomic mass is 16.2. The number of amides is 2. The Morgan fingerprint density at radius 2 is 2.10 bits per heavy atom. The minimum Gasteiger partial charge on any atom is -0.341 e. The summed E-state index contributed by atoms with van der Waals surface area (Å²) in [6.45, 7) is 5.56. The van der Waals surface area contributed by atoms with Crippen molar-refractivity contribution >= 4 is 11.8 Å². The smallest absolute Gasteiger partial charge is 0.252 e. The Morgan fingerprint density at radius 1 is 1.33 bits per heavy atom. The van der Waals surface area contributed by atoms with Crippen LogP contribution in [0.3, 0.4) is 0 Å². The molecule has 1 unspecified atom stereocenters. The molecule has 1 fully saturated rings. The van der Waals surface area contributed by atoms with Gasteiger partial charge in [0.15, 0.2) is 0 Å². The van der Waals surface area contributed by atoms with Gasteiger partial charge in [-0.25, -0.2) is 0 Å². The molecule has 1 aromatic carbocycles. The Labute approximate surface area is 126 Å². The van der Waals surface area contributed by atoms with Gasteiger partial charge < -0.3 is 10.2 Å². The summed E-state index contributed by atoms with van der Waals surface area (Å²) in [5.74, 6) is -0.0823. The highest BCUT2D eigenvalue weighted by Crippen LogP contribution is 2.14. The average Bonchev–Trinajstić information content (AvgIpc) is 2.64. The minimum absolute atomic E-state index is 0.0660. The maximum atomic E-state index is 12.5. The molecule has 0 aromatic heterocycles. The zero-order valence-corrected chi connectivity index (χ0v) is 12.9. The first-order valence-corrected chi connectivity index (χ1v) is 7.78. The summed E-state index contributed by atoms with van der Waals surface area (Å²) < 4.78 is 0. The van der Waals surface area contributed by atoms with Gasteiger partial charge in [0.2, 0.25) is 5.91 Å². The van der Waals surface area contributed by atoms with Crippen molar-refractivity contribution in [1.82, 2.24) is 10.2 Å². The van der Waals surface area contributed by atoms with Gasteiger partial charge in [-0.1, -0.05) is 25.1 Å². The summed E-state index contributed by atoms with van der Waals surface area (Å²) in [5, 5.41) is 2.92. The van der Waals surface area contributed by atoms with Crippen LogP contribution < -0.4 is 5.32 Å². The van der Waals surface area contributed by atoms with E-state index in [-0.39, 0.29) is 17.9 Å². The number of likely N-dealkylation sites (tertiary alicyclic amines) is 1. The number of rotatable bonds is 4. The topological polar surface area (TPSA) is 49.4 Å². The zero-order valence-electron chi connectivity index (χ0n) is 12.9. The molecule has 1 heterocycles. The van der Waals surface area contributed by atoms with E-state index >= 15 is 0 Å². The fourth-order valence-electron chi connectivity index (χ4n) is 2.79. The van der Waals surface area contributed by atoms with Crippen LogP contribution in [0.25, 0.3) is 0 Å². The van der Waals surface area contributed by atoms with E-state index in [1.165, 1.54) is 0 Å². The van der Waals surface area contributed by atoms with Gasteiger partial charge in [0.25, 0.3) is 5.91 Å². The maximum Gasteiger partial charge on any atom is 0.252 e. The van der Waals surface area contributed by atoms with E-state index in [2.05, 4.69) is 12.2 Å². The fraction of sp³-hybridized carbons (Fsp3) is 0.529. The zero-order chi connectivity index (χ0) is 15.2. The molecule has 2 amide bonds. The van der Waals surface area contributed by atoms with Crippen molar-refractivity contribution in [2.24, 2.45) is 0 Å². The van der Waals surface area contributed by atoms with Crippen LogP contribution in [-0.2, 0) is 4.79 Å².